The minimum absolute atomic E-state index is 0.504. The van der Waals surface area contributed by atoms with E-state index in [2.05, 4.69) is 38.1 Å². The van der Waals surface area contributed by atoms with Crippen molar-refractivity contribution in [2.24, 2.45) is 5.92 Å². The van der Waals surface area contributed by atoms with Gasteiger partial charge in [0.05, 0.1) is 6.10 Å². The van der Waals surface area contributed by atoms with E-state index in [0.29, 0.717) is 12.0 Å². The lowest BCUT2D eigenvalue weighted by Crippen LogP contribution is -1.98. The molecule has 2 rings (SSSR count). The van der Waals surface area contributed by atoms with Gasteiger partial charge in [0.2, 0.25) is 0 Å². The molecule has 76 valence electrons. The van der Waals surface area contributed by atoms with Gasteiger partial charge in [-0.15, -0.1) is 0 Å². The zero-order valence-electron chi connectivity index (χ0n) is 8.99. The van der Waals surface area contributed by atoms with E-state index < -0.39 is 0 Å². The third-order valence-electron chi connectivity index (χ3n) is 2.37. The zero-order valence-corrected chi connectivity index (χ0v) is 8.99. The van der Waals surface area contributed by atoms with Crippen molar-refractivity contribution >= 4 is 0 Å². The topological polar surface area (TPSA) is 9.23 Å². The van der Waals surface area contributed by atoms with Crippen molar-refractivity contribution < 1.29 is 4.74 Å². The fourth-order valence-corrected chi connectivity index (χ4v) is 1.60. The highest BCUT2D eigenvalue weighted by atomic mass is 16.5. The van der Waals surface area contributed by atoms with Crippen LogP contribution in [0.25, 0.3) is 0 Å². The van der Waals surface area contributed by atoms with Gasteiger partial charge in [0.25, 0.3) is 0 Å². The van der Waals surface area contributed by atoms with Crippen molar-refractivity contribution in [2.75, 3.05) is 0 Å². The number of benzene rings is 1. The number of hydrogen-bond donors (Lipinski definition) is 0. The Morgan fingerprint density at radius 1 is 1.36 bits per heavy atom. The molecule has 1 fully saturated rings. The lowest BCUT2D eigenvalue weighted by molar-refractivity contribution is 0.303. The van der Waals surface area contributed by atoms with E-state index in [1.807, 2.05) is 0 Å². The fourth-order valence-electron chi connectivity index (χ4n) is 1.60. The summed E-state index contributed by atoms with van der Waals surface area (Å²) < 4.78 is 5.75. The van der Waals surface area contributed by atoms with Gasteiger partial charge in [0, 0.05) is 0 Å². The van der Waals surface area contributed by atoms with Crippen molar-refractivity contribution in [2.45, 2.75) is 39.2 Å². The summed E-state index contributed by atoms with van der Waals surface area (Å²) in [6, 6.07) is 8.51. The largest absolute Gasteiger partial charge is 0.490 e. The zero-order chi connectivity index (χ0) is 9.97. The molecule has 0 aromatic heterocycles. The van der Waals surface area contributed by atoms with Crippen LogP contribution in [0, 0.1) is 5.92 Å². The Labute approximate surface area is 86.1 Å². The molecular formula is C13H18O. The fraction of sp³-hybridized carbons (Fsp3) is 0.538. The van der Waals surface area contributed by atoms with Gasteiger partial charge in [0.15, 0.2) is 0 Å². The summed E-state index contributed by atoms with van der Waals surface area (Å²) in [7, 11) is 0. The quantitative estimate of drug-likeness (QED) is 0.706. The van der Waals surface area contributed by atoms with Gasteiger partial charge in [-0.1, -0.05) is 26.0 Å². The van der Waals surface area contributed by atoms with Crippen LogP contribution in [-0.2, 0) is 6.42 Å². The molecule has 0 unspecified atom stereocenters. The summed E-state index contributed by atoms with van der Waals surface area (Å²) in [5.41, 5.74) is 1.39. The van der Waals surface area contributed by atoms with E-state index in [-0.39, 0.29) is 0 Å². The second-order valence-corrected chi connectivity index (χ2v) is 4.56. The smallest absolute Gasteiger partial charge is 0.119 e. The van der Waals surface area contributed by atoms with Crippen LogP contribution < -0.4 is 4.74 Å². The third-order valence-corrected chi connectivity index (χ3v) is 2.37. The normalized spacial score (nSPS) is 15.9. The third kappa shape index (κ3) is 2.76. The summed E-state index contributed by atoms with van der Waals surface area (Å²) in [6.07, 6.45) is 4.11. The van der Waals surface area contributed by atoms with Crippen LogP contribution in [0.15, 0.2) is 24.3 Å². The SMILES string of the molecule is CC(C)Cc1cccc(OC2CC2)c1. The highest BCUT2D eigenvalue weighted by molar-refractivity contribution is 5.29. The molecule has 0 radical (unpaired) electrons. The Balaban J connectivity index is 2.01. The first kappa shape index (κ1) is 9.57. The first-order valence-electron chi connectivity index (χ1n) is 5.49. The molecule has 0 spiro atoms. The van der Waals surface area contributed by atoms with Crippen molar-refractivity contribution in [3.63, 3.8) is 0 Å². The molecule has 1 aromatic carbocycles. The summed E-state index contributed by atoms with van der Waals surface area (Å²) in [4.78, 5) is 0. The summed E-state index contributed by atoms with van der Waals surface area (Å²) >= 11 is 0. The molecule has 0 heterocycles. The predicted octanol–water partition coefficient (Wildman–Crippen LogP) is 3.43. The van der Waals surface area contributed by atoms with E-state index >= 15 is 0 Å². The summed E-state index contributed by atoms with van der Waals surface area (Å²) in [5, 5.41) is 0. The number of rotatable bonds is 4. The summed E-state index contributed by atoms with van der Waals surface area (Å²) in [6.45, 7) is 4.49. The van der Waals surface area contributed by atoms with Gasteiger partial charge < -0.3 is 4.74 Å². The number of hydrogen-bond acceptors (Lipinski definition) is 1. The maximum absolute atomic E-state index is 5.75. The number of ether oxygens (including phenoxy) is 1. The molecule has 14 heavy (non-hydrogen) atoms. The average Bonchev–Trinajstić information content (AvgIpc) is 2.87. The molecule has 0 aliphatic heterocycles. The maximum Gasteiger partial charge on any atom is 0.119 e. The van der Waals surface area contributed by atoms with E-state index in [0.717, 1.165) is 12.2 Å². The van der Waals surface area contributed by atoms with Crippen LogP contribution in [-0.4, -0.2) is 6.10 Å². The van der Waals surface area contributed by atoms with Gasteiger partial charge in [-0.05, 0) is 42.9 Å². The molecule has 1 aromatic rings. The van der Waals surface area contributed by atoms with Crippen LogP contribution in [0.2, 0.25) is 0 Å². The van der Waals surface area contributed by atoms with Crippen molar-refractivity contribution in [3.05, 3.63) is 29.8 Å². The monoisotopic (exact) mass is 190 g/mol. The molecule has 0 N–H and O–H groups in total. The summed E-state index contributed by atoms with van der Waals surface area (Å²) in [5.74, 6) is 1.76. The van der Waals surface area contributed by atoms with E-state index in [1.165, 1.54) is 18.4 Å². The molecule has 0 atom stereocenters. The van der Waals surface area contributed by atoms with Crippen LogP contribution in [0.1, 0.15) is 32.3 Å². The van der Waals surface area contributed by atoms with E-state index in [4.69, 9.17) is 4.74 Å². The van der Waals surface area contributed by atoms with Crippen LogP contribution in [0.4, 0.5) is 0 Å². The molecule has 1 aliphatic carbocycles. The molecule has 1 saturated carbocycles. The first-order valence-corrected chi connectivity index (χ1v) is 5.49. The van der Waals surface area contributed by atoms with Crippen LogP contribution in [0.5, 0.6) is 5.75 Å². The minimum atomic E-state index is 0.504. The van der Waals surface area contributed by atoms with Gasteiger partial charge in [0.1, 0.15) is 5.75 Å². The average molecular weight is 190 g/mol. The van der Waals surface area contributed by atoms with Crippen molar-refractivity contribution in [1.29, 1.82) is 0 Å². The second-order valence-electron chi connectivity index (χ2n) is 4.56. The standard InChI is InChI=1S/C13H18O/c1-10(2)8-11-4-3-5-13(9-11)14-12-6-7-12/h3-5,9-10,12H,6-8H2,1-2H3. The Morgan fingerprint density at radius 2 is 2.14 bits per heavy atom. The molecule has 0 amide bonds. The van der Waals surface area contributed by atoms with Gasteiger partial charge in [-0.2, -0.15) is 0 Å². The Kier molecular flexibility index (Phi) is 2.76. The second kappa shape index (κ2) is 4.04. The lowest BCUT2D eigenvalue weighted by Gasteiger charge is -2.08. The Hall–Kier alpha value is -0.980. The van der Waals surface area contributed by atoms with Gasteiger partial charge >= 0.3 is 0 Å². The molecule has 0 bridgehead atoms. The molecule has 1 heteroatoms. The van der Waals surface area contributed by atoms with Crippen molar-refractivity contribution in [3.8, 4) is 5.75 Å². The van der Waals surface area contributed by atoms with Gasteiger partial charge in [-0.25, -0.2) is 0 Å². The minimum Gasteiger partial charge on any atom is -0.490 e. The van der Waals surface area contributed by atoms with Gasteiger partial charge in [-0.3, -0.25) is 0 Å². The van der Waals surface area contributed by atoms with Crippen LogP contribution in [0.3, 0.4) is 0 Å². The Morgan fingerprint density at radius 3 is 2.79 bits per heavy atom. The molecule has 1 aliphatic rings. The lowest BCUT2D eigenvalue weighted by atomic mass is 10.0. The highest BCUT2D eigenvalue weighted by Gasteiger charge is 2.23. The maximum atomic E-state index is 5.75. The highest BCUT2D eigenvalue weighted by Crippen LogP contribution is 2.27. The van der Waals surface area contributed by atoms with E-state index in [9.17, 15) is 0 Å². The Bertz CT molecular complexity index is 281. The molecular weight excluding hydrogens is 172 g/mol. The van der Waals surface area contributed by atoms with Crippen molar-refractivity contribution in [1.82, 2.24) is 0 Å². The molecule has 1 nitrogen and oxygen atoms in total. The first-order chi connectivity index (χ1) is 6.74. The predicted molar refractivity (Wildman–Crippen MR) is 58.6 cm³/mol. The molecule has 0 saturated heterocycles. The van der Waals surface area contributed by atoms with Crippen LogP contribution >= 0.6 is 0 Å². The van der Waals surface area contributed by atoms with E-state index in [1.54, 1.807) is 0 Å².